The van der Waals surface area contributed by atoms with E-state index >= 15 is 0 Å². The Morgan fingerprint density at radius 1 is 0.750 bits per heavy atom. The number of methoxy groups -OCH3 is 3. The van der Waals surface area contributed by atoms with Gasteiger partial charge >= 0.3 is 0 Å². The van der Waals surface area contributed by atoms with Crippen molar-refractivity contribution in [2.24, 2.45) is 0 Å². The van der Waals surface area contributed by atoms with E-state index in [4.69, 9.17) is 23.9 Å². The monoisotopic (exact) mass is 540 g/mol. The van der Waals surface area contributed by atoms with Crippen LogP contribution in [0.4, 0.5) is 0 Å². The molecule has 0 atom stereocenters. The number of aliphatic hydroxyl groups excluding tert-OH is 1. The minimum Gasteiger partial charge on any atom is -0.497 e. The first-order valence-corrected chi connectivity index (χ1v) is 12.9. The highest BCUT2D eigenvalue weighted by molar-refractivity contribution is 5.70. The van der Waals surface area contributed by atoms with Crippen LogP contribution in [0, 0.1) is 0 Å². The average Bonchev–Trinajstić information content (AvgIpc) is 3.35. The second kappa shape index (κ2) is 12.3. The lowest BCUT2D eigenvalue weighted by molar-refractivity contribution is -0.00458. The second-order valence-electron chi connectivity index (χ2n) is 9.12. The summed E-state index contributed by atoms with van der Waals surface area (Å²) < 4.78 is 25.0. The van der Waals surface area contributed by atoms with Gasteiger partial charge in [0, 0.05) is 13.7 Å². The molecule has 0 radical (unpaired) electrons. The summed E-state index contributed by atoms with van der Waals surface area (Å²) >= 11 is 0. The molecule has 0 spiro atoms. The molecule has 2 heterocycles. The molecule has 0 saturated carbocycles. The van der Waals surface area contributed by atoms with E-state index in [-0.39, 0.29) is 19.8 Å². The van der Waals surface area contributed by atoms with Crippen molar-refractivity contribution in [3.05, 3.63) is 113 Å². The van der Waals surface area contributed by atoms with E-state index in [1.54, 1.807) is 27.5 Å². The zero-order chi connectivity index (χ0) is 28.0. The Morgan fingerprint density at radius 2 is 1.35 bits per heavy atom. The van der Waals surface area contributed by atoms with Crippen LogP contribution in [0.1, 0.15) is 28.3 Å². The van der Waals surface area contributed by atoms with E-state index in [1.807, 2.05) is 83.4 Å². The standard InChI is InChI=1S/C31H32N4O5/c1-37-20-28-32-19-27-30(34-28)35(17-18-36)29(33-27)21-40-31(22-7-5-4-6-8-22,23-9-13-25(38-2)14-10-23)24-11-15-26(39-3)16-12-24/h4-16,19,36H,17-18,20-21H2,1-3H3. The van der Waals surface area contributed by atoms with E-state index < -0.39 is 5.60 Å². The molecule has 0 saturated heterocycles. The number of hydrogen-bond acceptors (Lipinski definition) is 8. The van der Waals surface area contributed by atoms with E-state index in [0.717, 1.165) is 28.2 Å². The fourth-order valence-corrected chi connectivity index (χ4v) is 4.89. The predicted octanol–water partition coefficient (Wildman–Crippen LogP) is 4.49. The lowest BCUT2D eigenvalue weighted by atomic mass is 9.80. The van der Waals surface area contributed by atoms with Crippen molar-refractivity contribution in [1.82, 2.24) is 19.5 Å². The third kappa shape index (κ3) is 5.27. The molecule has 1 N–H and O–H groups in total. The largest absolute Gasteiger partial charge is 0.497 e. The summed E-state index contributed by atoms with van der Waals surface area (Å²) in [6.07, 6.45) is 1.67. The van der Waals surface area contributed by atoms with Crippen LogP contribution in [0.2, 0.25) is 0 Å². The van der Waals surface area contributed by atoms with Crippen LogP contribution in [-0.2, 0) is 34.8 Å². The number of fused-ring (bicyclic) bond motifs is 1. The van der Waals surface area contributed by atoms with Gasteiger partial charge in [-0.2, -0.15) is 0 Å². The van der Waals surface area contributed by atoms with Crippen molar-refractivity contribution < 1.29 is 24.1 Å². The van der Waals surface area contributed by atoms with Gasteiger partial charge in [0.15, 0.2) is 11.5 Å². The maximum atomic E-state index is 9.87. The quantitative estimate of drug-likeness (QED) is 0.231. The summed E-state index contributed by atoms with van der Waals surface area (Å²) in [6, 6.07) is 25.8. The number of benzene rings is 3. The zero-order valence-corrected chi connectivity index (χ0v) is 22.8. The molecule has 9 heteroatoms. The van der Waals surface area contributed by atoms with Gasteiger partial charge in [-0.3, -0.25) is 0 Å². The second-order valence-corrected chi connectivity index (χ2v) is 9.12. The summed E-state index contributed by atoms with van der Waals surface area (Å²) in [6.45, 7) is 0.631. The topological polar surface area (TPSA) is 101 Å². The number of ether oxygens (including phenoxy) is 4. The van der Waals surface area contributed by atoms with Gasteiger partial charge in [0.1, 0.15) is 41.7 Å². The number of rotatable bonds is 12. The van der Waals surface area contributed by atoms with Crippen LogP contribution in [-0.4, -0.2) is 52.6 Å². The predicted molar refractivity (Wildman–Crippen MR) is 150 cm³/mol. The molecule has 9 nitrogen and oxygen atoms in total. The van der Waals surface area contributed by atoms with Gasteiger partial charge < -0.3 is 28.6 Å². The first-order valence-electron chi connectivity index (χ1n) is 12.9. The van der Waals surface area contributed by atoms with E-state index in [1.165, 1.54) is 0 Å². The Balaban J connectivity index is 1.66. The van der Waals surface area contributed by atoms with Crippen molar-refractivity contribution in [2.75, 3.05) is 27.9 Å². The van der Waals surface area contributed by atoms with Crippen molar-refractivity contribution in [2.45, 2.75) is 25.4 Å². The van der Waals surface area contributed by atoms with Gasteiger partial charge in [0.05, 0.1) is 27.0 Å². The Kier molecular flexibility index (Phi) is 8.35. The van der Waals surface area contributed by atoms with Gasteiger partial charge in [-0.1, -0.05) is 54.6 Å². The number of imidazole rings is 1. The molecule has 0 aliphatic heterocycles. The number of aromatic nitrogens is 4. The van der Waals surface area contributed by atoms with Gasteiger partial charge in [0.2, 0.25) is 0 Å². The highest BCUT2D eigenvalue weighted by atomic mass is 16.5. The SMILES string of the molecule is COCc1ncc2nc(COC(c3ccccc3)(c3ccc(OC)cc3)c3ccc(OC)cc3)n(CCO)c2n1. The fourth-order valence-electron chi connectivity index (χ4n) is 4.89. The van der Waals surface area contributed by atoms with Crippen LogP contribution in [0.5, 0.6) is 11.5 Å². The van der Waals surface area contributed by atoms with E-state index in [9.17, 15) is 5.11 Å². The Labute approximate surface area is 233 Å². The van der Waals surface area contributed by atoms with Crippen LogP contribution in [0.3, 0.4) is 0 Å². The molecule has 2 aromatic heterocycles. The summed E-state index contributed by atoms with van der Waals surface area (Å²) in [5, 5.41) is 9.87. The molecule has 0 aliphatic carbocycles. The van der Waals surface area contributed by atoms with Crippen molar-refractivity contribution in [3.8, 4) is 11.5 Å². The maximum Gasteiger partial charge on any atom is 0.163 e. The summed E-state index contributed by atoms with van der Waals surface area (Å²) in [5.41, 5.74) is 3.00. The van der Waals surface area contributed by atoms with Gasteiger partial charge in [0.25, 0.3) is 0 Å². The molecule has 0 fully saturated rings. The van der Waals surface area contributed by atoms with Crippen LogP contribution < -0.4 is 9.47 Å². The van der Waals surface area contributed by atoms with Gasteiger partial charge in [-0.15, -0.1) is 0 Å². The summed E-state index contributed by atoms with van der Waals surface area (Å²) in [4.78, 5) is 13.8. The van der Waals surface area contributed by atoms with Crippen molar-refractivity contribution in [1.29, 1.82) is 0 Å². The third-order valence-electron chi connectivity index (χ3n) is 6.80. The smallest absolute Gasteiger partial charge is 0.163 e. The average molecular weight is 541 g/mol. The summed E-state index contributed by atoms with van der Waals surface area (Å²) in [7, 11) is 4.89. The Morgan fingerprint density at radius 3 is 1.90 bits per heavy atom. The summed E-state index contributed by atoms with van der Waals surface area (Å²) in [5.74, 6) is 2.65. The lowest BCUT2D eigenvalue weighted by Gasteiger charge is -2.36. The molecule has 0 bridgehead atoms. The number of nitrogens with zero attached hydrogens (tertiary/aromatic N) is 4. The Bertz CT molecular complexity index is 1490. The van der Waals surface area contributed by atoms with Gasteiger partial charge in [-0.05, 0) is 41.0 Å². The first-order chi connectivity index (χ1) is 19.6. The van der Waals surface area contributed by atoms with Crippen molar-refractivity contribution in [3.63, 3.8) is 0 Å². The first kappa shape index (κ1) is 27.3. The van der Waals surface area contributed by atoms with Crippen molar-refractivity contribution >= 4 is 11.2 Å². The highest BCUT2D eigenvalue weighted by Gasteiger charge is 2.38. The molecule has 0 unspecified atom stereocenters. The molecule has 0 aliphatic rings. The van der Waals surface area contributed by atoms with Crippen LogP contribution in [0.25, 0.3) is 11.2 Å². The van der Waals surface area contributed by atoms with E-state index in [2.05, 4.69) is 9.97 Å². The Hall–Kier alpha value is -4.31. The minimum atomic E-state index is -1.01. The molecule has 3 aromatic carbocycles. The molecule has 5 aromatic rings. The molecule has 206 valence electrons. The molecule has 40 heavy (non-hydrogen) atoms. The highest BCUT2D eigenvalue weighted by Crippen LogP contribution is 2.42. The van der Waals surface area contributed by atoms with E-state index in [0.29, 0.717) is 29.4 Å². The zero-order valence-electron chi connectivity index (χ0n) is 22.8. The molecular weight excluding hydrogens is 508 g/mol. The lowest BCUT2D eigenvalue weighted by Crippen LogP contribution is -2.33. The maximum absolute atomic E-state index is 9.87. The van der Waals surface area contributed by atoms with Crippen LogP contribution in [0.15, 0.2) is 85.1 Å². The van der Waals surface area contributed by atoms with Crippen LogP contribution >= 0.6 is 0 Å². The molecule has 5 rings (SSSR count). The van der Waals surface area contributed by atoms with Gasteiger partial charge in [-0.25, -0.2) is 15.0 Å². The molecular formula is C31H32N4O5. The normalized spacial score (nSPS) is 11.6. The fraction of sp³-hybridized carbons (Fsp3) is 0.258. The number of hydrogen-bond donors (Lipinski definition) is 1. The molecule has 0 amide bonds. The third-order valence-corrected chi connectivity index (χ3v) is 6.80. The number of aliphatic hydroxyl groups is 1. The minimum absolute atomic E-state index is 0.0805.